The third-order valence-corrected chi connectivity index (χ3v) is 3.69. The Balaban J connectivity index is 2.47. The van der Waals surface area contributed by atoms with E-state index in [0.717, 1.165) is 0 Å². The lowest BCUT2D eigenvalue weighted by atomic mass is 9.72. The summed E-state index contributed by atoms with van der Waals surface area (Å²) in [7, 11) is 0. The SMILES string of the molecule is Cc1ccc(C(c2ccc(C)cc2)C(C)(C)C)cc1. The molecule has 0 radical (unpaired) electrons. The van der Waals surface area contributed by atoms with Gasteiger partial charge in [-0.05, 0) is 30.4 Å². The molecule has 2 rings (SSSR count). The van der Waals surface area contributed by atoms with E-state index in [1.165, 1.54) is 22.3 Å². The largest absolute Gasteiger partial charge is 0.0593 e. The Morgan fingerprint density at radius 3 is 1.21 bits per heavy atom. The van der Waals surface area contributed by atoms with E-state index in [4.69, 9.17) is 0 Å². The highest BCUT2D eigenvalue weighted by Gasteiger charge is 2.27. The zero-order valence-corrected chi connectivity index (χ0v) is 12.7. The molecule has 0 amide bonds. The first-order chi connectivity index (χ1) is 8.88. The van der Waals surface area contributed by atoms with Gasteiger partial charge >= 0.3 is 0 Å². The van der Waals surface area contributed by atoms with Gasteiger partial charge in [-0.3, -0.25) is 0 Å². The molecular weight excluding hydrogens is 228 g/mol. The minimum atomic E-state index is 0.213. The molecule has 0 atom stereocenters. The van der Waals surface area contributed by atoms with E-state index in [-0.39, 0.29) is 5.41 Å². The van der Waals surface area contributed by atoms with Crippen LogP contribution in [0.1, 0.15) is 48.9 Å². The third-order valence-electron chi connectivity index (χ3n) is 3.69. The van der Waals surface area contributed by atoms with Crippen molar-refractivity contribution in [3.63, 3.8) is 0 Å². The fraction of sp³-hybridized carbons (Fsp3) is 0.368. The molecule has 0 aromatic heterocycles. The Hall–Kier alpha value is -1.56. The highest BCUT2D eigenvalue weighted by molar-refractivity contribution is 5.36. The molecule has 0 saturated carbocycles. The summed E-state index contributed by atoms with van der Waals surface area (Å²) in [5, 5.41) is 0. The zero-order valence-electron chi connectivity index (χ0n) is 12.7. The molecule has 0 fully saturated rings. The topological polar surface area (TPSA) is 0 Å². The molecule has 0 saturated heterocycles. The summed E-state index contributed by atoms with van der Waals surface area (Å²) in [6.45, 7) is 11.2. The van der Waals surface area contributed by atoms with Gasteiger partial charge in [0, 0.05) is 5.92 Å². The number of hydrogen-bond donors (Lipinski definition) is 0. The molecule has 2 aromatic rings. The summed E-state index contributed by atoms with van der Waals surface area (Å²) in [5.41, 5.74) is 5.66. The van der Waals surface area contributed by atoms with E-state index < -0.39 is 0 Å². The summed E-state index contributed by atoms with van der Waals surface area (Å²) < 4.78 is 0. The van der Waals surface area contributed by atoms with Crippen molar-refractivity contribution in [1.29, 1.82) is 0 Å². The number of aryl methyl sites for hydroxylation is 2. The van der Waals surface area contributed by atoms with Gasteiger partial charge < -0.3 is 0 Å². The van der Waals surface area contributed by atoms with E-state index in [1.54, 1.807) is 0 Å². The van der Waals surface area contributed by atoms with E-state index >= 15 is 0 Å². The number of benzene rings is 2. The molecule has 0 heterocycles. The van der Waals surface area contributed by atoms with Crippen LogP contribution in [0.3, 0.4) is 0 Å². The van der Waals surface area contributed by atoms with E-state index in [0.29, 0.717) is 5.92 Å². The molecule has 0 spiro atoms. The first-order valence-corrected chi connectivity index (χ1v) is 7.01. The molecule has 2 aromatic carbocycles. The molecule has 0 unspecified atom stereocenters. The fourth-order valence-corrected chi connectivity index (χ4v) is 2.71. The maximum absolute atomic E-state index is 2.32. The molecule has 0 heteroatoms. The van der Waals surface area contributed by atoms with Crippen LogP contribution >= 0.6 is 0 Å². The Bertz CT molecular complexity index is 478. The second-order valence-electron chi connectivity index (χ2n) is 6.62. The smallest absolute Gasteiger partial charge is 0.0138 e. The lowest BCUT2D eigenvalue weighted by molar-refractivity contribution is 0.358. The lowest BCUT2D eigenvalue weighted by Crippen LogP contribution is -2.19. The maximum atomic E-state index is 2.32. The molecule has 0 aliphatic rings. The van der Waals surface area contributed by atoms with E-state index in [2.05, 4.69) is 83.1 Å². The van der Waals surface area contributed by atoms with Gasteiger partial charge in [0.2, 0.25) is 0 Å². The van der Waals surface area contributed by atoms with Gasteiger partial charge in [0.1, 0.15) is 0 Å². The zero-order chi connectivity index (χ0) is 14.0. The van der Waals surface area contributed by atoms with Gasteiger partial charge in [0.25, 0.3) is 0 Å². The fourth-order valence-electron chi connectivity index (χ4n) is 2.71. The summed E-state index contributed by atoms with van der Waals surface area (Å²) in [4.78, 5) is 0. The molecule has 0 nitrogen and oxygen atoms in total. The average molecular weight is 252 g/mol. The number of rotatable bonds is 2. The van der Waals surface area contributed by atoms with Crippen molar-refractivity contribution in [2.24, 2.45) is 5.41 Å². The first-order valence-electron chi connectivity index (χ1n) is 7.01. The van der Waals surface area contributed by atoms with E-state index in [1.807, 2.05) is 0 Å². The Morgan fingerprint density at radius 2 is 0.947 bits per heavy atom. The normalized spacial score (nSPS) is 11.9. The van der Waals surface area contributed by atoms with Crippen molar-refractivity contribution in [3.8, 4) is 0 Å². The predicted octanol–water partition coefficient (Wildman–Crippen LogP) is 5.48. The van der Waals surface area contributed by atoms with Crippen LogP contribution in [0, 0.1) is 19.3 Å². The third kappa shape index (κ3) is 3.26. The van der Waals surface area contributed by atoms with Crippen LogP contribution < -0.4 is 0 Å². The van der Waals surface area contributed by atoms with Crippen molar-refractivity contribution in [3.05, 3.63) is 70.8 Å². The Kier molecular flexibility index (Phi) is 3.80. The van der Waals surface area contributed by atoms with Crippen molar-refractivity contribution < 1.29 is 0 Å². The van der Waals surface area contributed by atoms with Crippen LogP contribution in [-0.4, -0.2) is 0 Å². The van der Waals surface area contributed by atoms with Crippen LogP contribution in [0.5, 0.6) is 0 Å². The van der Waals surface area contributed by atoms with Crippen molar-refractivity contribution >= 4 is 0 Å². The Labute approximate surface area is 117 Å². The van der Waals surface area contributed by atoms with Crippen LogP contribution in [0.25, 0.3) is 0 Å². The minimum absolute atomic E-state index is 0.213. The Morgan fingerprint density at radius 1 is 0.632 bits per heavy atom. The molecule has 100 valence electrons. The minimum Gasteiger partial charge on any atom is -0.0593 e. The monoisotopic (exact) mass is 252 g/mol. The van der Waals surface area contributed by atoms with Crippen LogP contribution in [0.2, 0.25) is 0 Å². The maximum Gasteiger partial charge on any atom is 0.0138 e. The second-order valence-corrected chi connectivity index (χ2v) is 6.62. The van der Waals surface area contributed by atoms with Crippen molar-refractivity contribution in [2.45, 2.75) is 40.5 Å². The lowest BCUT2D eigenvalue weighted by Gasteiger charge is -2.32. The molecule has 0 aliphatic carbocycles. The standard InChI is InChI=1S/C19H24/c1-14-6-10-16(11-7-14)18(19(3,4)5)17-12-8-15(2)9-13-17/h6-13,18H,1-5H3. The molecule has 19 heavy (non-hydrogen) atoms. The molecular formula is C19H24. The van der Waals surface area contributed by atoms with Crippen molar-refractivity contribution in [1.82, 2.24) is 0 Å². The predicted molar refractivity (Wildman–Crippen MR) is 83.7 cm³/mol. The van der Waals surface area contributed by atoms with Gasteiger partial charge in [-0.1, -0.05) is 80.4 Å². The van der Waals surface area contributed by atoms with Crippen LogP contribution in [-0.2, 0) is 0 Å². The van der Waals surface area contributed by atoms with Crippen LogP contribution in [0.4, 0.5) is 0 Å². The highest BCUT2D eigenvalue weighted by atomic mass is 14.3. The summed E-state index contributed by atoms with van der Waals surface area (Å²) >= 11 is 0. The molecule has 0 aliphatic heterocycles. The van der Waals surface area contributed by atoms with Gasteiger partial charge in [0.05, 0.1) is 0 Å². The summed E-state index contributed by atoms with van der Waals surface area (Å²) in [6, 6.07) is 17.9. The molecule has 0 N–H and O–H groups in total. The van der Waals surface area contributed by atoms with Gasteiger partial charge in [0.15, 0.2) is 0 Å². The van der Waals surface area contributed by atoms with E-state index in [9.17, 15) is 0 Å². The van der Waals surface area contributed by atoms with Gasteiger partial charge in [-0.2, -0.15) is 0 Å². The average Bonchev–Trinajstić information content (AvgIpc) is 2.33. The first kappa shape index (κ1) is 13.9. The van der Waals surface area contributed by atoms with Crippen molar-refractivity contribution in [2.75, 3.05) is 0 Å². The summed E-state index contributed by atoms with van der Waals surface area (Å²) in [6.07, 6.45) is 0. The highest BCUT2D eigenvalue weighted by Crippen LogP contribution is 2.40. The van der Waals surface area contributed by atoms with Crippen LogP contribution in [0.15, 0.2) is 48.5 Å². The number of hydrogen-bond acceptors (Lipinski definition) is 0. The van der Waals surface area contributed by atoms with Gasteiger partial charge in [-0.15, -0.1) is 0 Å². The quantitative estimate of drug-likeness (QED) is 0.663. The molecule has 0 bridgehead atoms. The summed E-state index contributed by atoms with van der Waals surface area (Å²) in [5.74, 6) is 0.439. The second kappa shape index (κ2) is 5.21. The van der Waals surface area contributed by atoms with Gasteiger partial charge in [-0.25, -0.2) is 0 Å².